The number of tetrazole rings is 1. The van der Waals surface area contributed by atoms with Crippen LogP contribution in [0.4, 0.5) is 5.69 Å². The molecule has 0 aliphatic heterocycles. The Morgan fingerprint density at radius 3 is 2.71 bits per heavy atom. The second kappa shape index (κ2) is 5.54. The van der Waals surface area contributed by atoms with E-state index in [2.05, 4.69) is 25.3 Å². The number of nitro benzene ring substituents is 1. The molecule has 112 valence electrons. The molecular weight excluding hydrogens is 300 g/mol. The van der Waals surface area contributed by atoms with Crippen molar-refractivity contribution in [2.75, 3.05) is 0 Å². The average molecular weight is 312 g/mol. The molecule has 2 N–H and O–H groups in total. The van der Waals surface area contributed by atoms with Gasteiger partial charge in [-0.1, -0.05) is 17.3 Å². The van der Waals surface area contributed by atoms with Crippen LogP contribution in [0.25, 0.3) is 0 Å². The molecule has 2 rings (SSSR count). The first-order valence-corrected chi connectivity index (χ1v) is 7.31. The van der Waals surface area contributed by atoms with Crippen LogP contribution in [0.3, 0.4) is 0 Å². The standard InChI is InChI=1S/C10H12N6O4S/c1-6-4-3-5-8(16(17)18)9(6)21(19,20)13-7(2)10-11-14-15-12-10/h3-5,7,13H,1-2H3,(H,11,12,14,15). The summed E-state index contributed by atoms with van der Waals surface area (Å²) in [5.74, 6) is 0.134. The molecule has 1 aromatic heterocycles. The third-order valence-electron chi connectivity index (χ3n) is 2.74. The first-order valence-electron chi connectivity index (χ1n) is 5.82. The van der Waals surface area contributed by atoms with E-state index in [1.807, 2.05) is 0 Å². The number of aryl methyl sites for hydroxylation is 1. The number of benzene rings is 1. The highest BCUT2D eigenvalue weighted by molar-refractivity contribution is 7.89. The van der Waals surface area contributed by atoms with Crippen LogP contribution in [-0.2, 0) is 10.0 Å². The summed E-state index contributed by atoms with van der Waals surface area (Å²) in [5, 5.41) is 23.9. The highest BCUT2D eigenvalue weighted by Crippen LogP contribution is 2.27. The molecule has 0 saturated carbocycles. The summed E-state index contributed by atoms with van der Waals surface area (Å²) < 4.78 is 27.1. The lowest BCUT2D eigenvalue weighted by atomic mass is 10.2. The lowest BCUT2D eigenvalue weighted by molar-refractivity contribution is -0.387. The molecule has 0 radical (unpaired) electrons. The third-order valence-corrected chi connectivity index (χ3v) is 4.47. The first kappa shape index (κ1) is 15.0. The number of hydrogen-bond donors (Lipinski definition) is 2. The molecule has 2 aromatic rings. The Balaban J connectivity index is 2.43. The van der Waals surface area contributed by atoms with Gasteiger partial charge in [0, 0.05) is 6.07 Å². The quantitative estimate of drug-likeness (QED) is 0.602. The van der Waals surface area contributed by atoms with E-state index in [1.54, 1.807) is 0 Å². The number of nitrogens with zero attached hydrogens (tertiary/aromatic N) is 4. The molecule has 11 heteroatoms. The summed E-state index contributed by atoms with van der Waals surface area (Å²) >= 11 is 0. The molecule has 0 amide bonds. The number of sulfonamides is 1. The largest absolute Gasteiger partial charge is 0.289 e. The summed E-state index contributed by atoms with van der Waals surface area (Å²) in [6.45, 7) is 2.99. The van der Waals surface area contributed by atoms with Crippen LogP contribution < -0.4 is 4.72 Å². The molecule has 0 saturated heterocycles. The Kier molecular flexibility index (Phi) is 3.95. The maximum absolute atomic E-state index is 12.4. The van der Waals surface area contributed by atoms with Gasteiger partial charge in [0.2, 0.25) is 10.0 Å². The Morgan fingerprint density at radius 2 is 2.14 bits per heavy atom. The van der Waals surface area contributed by atoms with Crippen molar-refractivity contribution in [3.8, 4) is 0 Å². The van der Waals surface area contributed by atoms with Crippen molar-refractivity contribution in [2.45, 2.75) is 24.8 Å². The van der Waals surface area contributed by atoms with E-state index in [0.717, 1.165) is 6.07 Å². The monoisotopic (exact) mass is 312 g/mol. The van der Waals surface area contributed by atoms with Gasteiger partial charge in [-0.05, 0) is 19.4 Å². The zero-order chi connectivity index (χ0) is 15.6. The van der Waals surface area contributed by atoms with Gasteiger partial charge >= 0.3 is 0 Å². The van der Waals surface area contributed by atoms with Crippen LogP contribution in [0.15, 0.2) is 23.1 Å². The van der Waals surface area contributed by atoms with Crippen LogP contribution in [0, 0.1) is 17.0 Å². The van der Waals surface area contributed by atoms with Gasteiger partial charge in [0.25, 0.3) is 5.69 Å². The van der Waals surface area contributed by atoms with E-state index >= 15 is 0 Å². The second-order valence-electron chi connectivity index (χ2n) is 4.29. The number of aromatic nitrogens is 4. The lowest BCUT2D eigenvalue weighted by Gasteiger charge is -2.12. The number of rotatable bonds is 5. The number of H-pyrrole nitrogens is 1. The number of hydrogen-bond acceptors (Lipinski definition) is 7. The minimum atomic E-state index is -4.11. The molecule has 1 heterocycles. The van der Waals surface area contributed by atoms with E-state index in [-0.39, 0.29) is 16.3 Å². The van der Waals surface area contributed by atoms with E-state index in [0.29, 0.717) is 0 Å². The maximum Gasteiger partial charge on any atom is 0.289 e. The summed E-state index contributed by atoms with van der Waals surface area (Å²) in [4.78, 5) is 9.90. The normalized spacial score (nSPS) is 13.0. The van der Waals surface area contributed by atoms with Gasteiger partial charge in [0.15, 0.2) is 10.7 Å². The first-order chi connectivity index (χ1) is 9.83. The fraction of sp³-hybridized carbons (Fsp3) is 0.300. The maximum atomic E-state index is 12.4. The Hall–Kier alpha value is -2.40. The molecule has 1 atom stereocenters. The SMILES string of the molecule is Cc1cccc([N+](=O)[O-])c1S(=O)(=O)NC(C)c1nn[nH]n1. The second-order valence-corrected chi connectivity index (χ2v) is 5.94. The van der Waals surface area contributed by atoms with E-state index < -0.39 is 26.7 Å². The lowest BCUT2D eigenvalue weighted by Crippen LogP contribution is -2.28. The van der Waals surface area contributed by atoms with Crippen LogP contribution >= 0.6 is 0 Å². The minimum Gasteiger partial charge on any atom is -0.258 e. The van der Waals surface area contributed by atoms with E-state index in [4.69, 9.17) is 0 Å². The molecule has 10 nitrogen and oxygen atoms in total. The van der Waals surface area contributed by atoms with Crippen LogP contribution in [-0.4, -0.2) is 34.0 Å². The minimum absolute atomic E-state index is 0.134. The van der Waals surface area contributed by atoms with Crippen molar-refractivity contribution in [3.05, 3.63) is 39.7 Å². The zero-order valence-electron chi connectivity index (χ0n) is 11.1. The van der Waals surface area contributed by atoms with Gasteiger partial charge < -0.3 is 0 Å². The van der Waals surface area contributed by atoms with Crippen molar-refractivity contribution < 1.29 is 13.3 Å². The predicted octanol–water partition coefficient (Wildman–Crippen LogP) is 0.456. The Bertz CT molecular complexity index is 758. The third kappa shape index (κ3) is 3.03. The van der Waals surface area contributed by atoms with Gasteiger partial charge in [0.05, 0.1) is 11.0 Å². The van der Waals surface area contributed by atoms with Crippen molar-refractivity contribution in [3.63, 3.8) is 0 Å². The molecule has 0 aliphatic carbocycles. The van der Waals surface area contributed by atoms with E-state index in [9.17, 15) is 18.5 Å². The Morgan fingerprint density at radius 1 is 1.43 bits per heavy atom. The molecule has 0 spiro atoms. The molecule has 1 aromatic carbocycles. The van der Waals surface area contributed by atoms with Crippen LogP contribution in [0.5, 0.6) is 0 Å². The molecular formula is C10H12N6O4S. The molecule has 0 bridgehead atoms. The predicted molar refractivity (Wildman–Crippen MR) is 70.7 cm³/mol. The van der Waals surface area contributed by atoms with Crippen molar-refractivity contribution in [1.29, 1.82) is 0 Å². The smallest absolute Gasteiger partial charge is 0.258 e. The summed E-state index contributed by atoms with van der Waals surface area (Å²) in [7, 11) is -4.11. The average Bonchev–Trinajstić information content (AvgIpc) is 2.91. The highest BCUT2D eigenvalue weighted by atomic mass is 32.2. The van der Waals surface area contributed by atoms with Crippen LogP contribution in [0.2, 0.25) is 0 Å². The van der Waals surface area contributed by atoms with Crippen LogP contribution in [0.1, 0.15) is 24.4 Å². The number of aromatic amines is 1. The Labute approximate surface area is 119 Å². The van der Waals surface area contributed by atoms with Crippen molar-refractivity contribution in [2.24, 2.45) is 0 Å². The highest BCUT2D eigenvalue weighted by Gasteiger charge is 2.30. The number of nitro groups is 1. The number of nitrogens with one attached hydrogen (secondary N) is 2. The van der Waals surface area contributed by atoms with Gasteiger partial charge in [-0.25, -0.2) is 13.1 Å². The molecule has 1 unspecified atom stereocenters. The molecule has 0 aliphatic rings. The van der Waals surface area contributed by atoms with Crippen molar-refractivity contribution >= 4 is 15.7 Å². The molecule has 0 fully saturated rings. The topological polar surface area (TPSA) is 144 Å². The van der Waals surface area contributed by atoms with Gasteiger partial charge in [-0.2, -0.15) is 5.21 Å². The van der Waals surface area contributed by atoms with Gasteiger partial charge in [-0.15, -0.1) is 10.2 Å². The zero-order valence-corrected chi connectivity index (χ0v) is 12.0. The fourth-order valence-electron chi connectivity index (χ4n) is 1.83. The summed E-state index contributed by atoms with van der Waals surface area (Å²) in [6, 6.07) is 3.27. The summed E-state index contributed by atoms with van der Waals surface area (Å²) in [6.07, 6.45) is 0. The van der Waals surface area contributed by atoms with Gasteiger partial charge in [0.1, 0.15) is 0 Å². The van der Waals surface area contributed by atoms with Crippen molar-refractivity contribution in [1.82, 2.24) is 25.3 Å². The van der Waals surface area contributed by atoms with Gasteiger partial charge in [-0.3, -0.25) is 10.1 Å². The summed E-state index contributed by atoms with van der Waals surface area (Å²) in [5.41, 5.74) is -0.208. The van der Waals surface area contributed by atoms with E-state index in [1.165, 1.54) is 26.0 Å². The fourth-order valence-corrected chi connectivity index (χ4v) is 3.43. The molecule has 21 heavy (non-hydrogen) atoms.